The Bertz CT molecular complexity index is 373. The second kappa shape index (κ2) is 4.79. The smallest absolute Gasteiger partial charge is 0.354 e. The van der Waals surface area contributed by atoms with Crippen molar-refractivity contribution >= 4 is 11.7 Å². The van der Waals surface area contributed by atoms with E-state index in [-0.39, 0.29) is 11.8 Å². The molecule has 1 atom stereocenters. The van der Waals surface area contributed by atoms with Gasteiger partial charge in [0, 0.05) is 11.8 Å². The van der Waals surface area contributed by atoms with Crippen LogP contribution in [-0.4, -0.2) is 23.9 Å². The summed E-state index contributed by atoms with van der Waals surface area (Å²) in [5.41, 5.74) is -0.420. The second-order valence-corrected chi connectivity index (χ2v) is 5.15. The summed E-state index contributed by atoms with van der Waals surface area (Å²) in [4.78, 5) is 17.2. The lowest BCUT2D eigenvalue weighted by atomic mass is 9.82. The molecule has 0 N–H and O–H groups in total. The molecule has 0 aromatic heterocycles. The Balaban J connectivity index is 2.87. The Morgan fingerprint density at radius 3 is 2.71 bits per heavy atom. The Morgan fingerprint density at radius 2 is 2.29 bits per heavy atom. The van der Waals surface area contributed by atoms with Crippen LogP contribution < -0.4 is 0 Å². The van der Waals surface area contributed by atoms with E-state index < -0.39 is 11.6 Å². The van der Waals surface area contributed by atoms with Gasteiger partial charge in [0.15, 0.2) is 0 Å². The molecule has 1 aliphatic rings. The highest BCUT2D eigenvalue weighted by Gasteiger charge is 2.49. The number of hydrogen-bond donors (Lipinski definition) is 0. The molecular formula is C13H19NO3. The van der Waals surface area contributed by atoms with Gasteiger partial charge < -0.3 is 9.57 Å². The summed E-state index contributed by atoms with van der Waals surface area (Å²) in [6.07, 6.45) is 5.87. The van der Waals surface area contributed by atoms with Crippen molar-refractivity contribution in [3.05, 3.63) is 0 Å². The molecule has 1 heterocycles. The van der Waals surface area contributed by atoms with Crippen LogP contribution in [0, 0.1) is 17.8 Å². The monoisotopic (exact) mass is 237 g/mol. The fourth-order valence-electron chi connectivity index (χ4n) is 1.58. The van der Waals surface area contributed by atoms with Crippen LogP contribution in [0.5, 0.6) is 0 Å². The summed E-state index contributed by atoms with van der Waals surface area (Å²) in [7, 11) is 0. The number of ether oxygens (including phenoxy) is 1. The average Bonchev–Trinajstić information content (AvgIpc) is 2.64. The molecule has 0 saturated carbocycles. The van der Waals surface area contributed by atoms with Crippen LogP contribution in [0.25, 0.3) is 0 Å². The number of oxime groups is 1. The molecule has 0 fully saturated rings. The quantitative estimate of drug-likeness (QED) is 0.558. The fraction of sp³-hybridized carbons (Fsp3) is 0.692. The van der Waals surface area contributed by atoms with Crippen LogP contribution in [0.1, 0.15) is 40.5 Å². The van der Waals surface area contributed by atoms with Crippen molar-refractivity contribution in [3.8, 4) is 12.3 Å². The minimum Gasteiger partial charge on any atom is -0.463 e. The molecule has 1 rings (SSSR count). The summed E-state index contributed by atoms with van der Waals surface area (Å²) in [6, 6.07) is 0. The SMILES string of the molecule is C#CCC1(C(=O)OCC)CC(C(C)(C)C)=NO1. The van der Waals surface area contributed by atoms with Crippen LogP contribution >= 0.6 is 0 Å². The number of carbonyl (C=O) groups excluding carboxylic acids is 1. The normalized spacial score (nSPS) is 23.6. The Hall–Kier alpha value is -1.50. The van der Waals surface area contributed by atoms with Gasteiger partial charge in [0.1, 0.15) is 0 Å². The van der Waals surface area contributed by atoms with Crippen LogP contribution in [0.4, 0.5) is 0 Å². The van der Waals surface area contributed by atoms with E-state index in [1.807, 2.05) is 20.8 Å². The molecule has 0 aromatic rings. The minimum atomic E-state index is -1.12. The number of hydrogen-bond acceptors (Lipinski definition) is 4. The third-order valence-electron chi connectivity index (χ3n) is 2.68. The van der Waals surface area contributed by atoms with E-state index in [1.54, 1.807) is 6.92 Å². The Labute approximate surface area is 102 Å². The molecule has 0 radical (unpaired) electrons. The van der Waals surface area contributed by atoms with E-state index >= 15 is 0 Å². The van der Waals surface area contributed by atoms with Gasteiger partial charge in [-0.25, -0.2) is 4.79 Å². The van der Waals surface area contributed by atoms with Crippen molar-refractivity contribution in [3.63, 3.8) is 0 Å². The summed E-state index contributed by atoms with van der Waals surface area (Å²) in [5, 5.41) is 4.00. The van der Waals surface area contributed by atoms with Crippen LogP contribution in [0.2, 0.25) is 0 Å². The van der Waals surface area contributed by atoms with Gasteiger partial charge >= 0.3 is 5.97 Å². The minimum absolute atomic E-state index is 0.136. The first-order valence-electron chi connectivity index (χ1n) is 5.72. The zero-order valence-corrected chi connectivity index (χ0v) is 10.9. The van der Waals surface area contributed by atoms with E-state index in [1.165, 1.54) is 0 Å². The van der Waals surface area contributed by atoms with Crippen molar-refractivity contribution in [2.24, 2.45) is 10.6 Å². The highest BCUT2D eigenvalue weighted by Crippen LogP contribution is 2.35. The maximum Gasteiger partial charge on any atom is 0.354 e. The molecule has 1 unspecified atom stereocenters. The van der Waals surface area contributed by atoms with E-state index in [0.29, 0.717) is 13.0 Å². The zero-order valence-electron chi connectivity index (χ0n) is 10.9. The standard InChI is InChI=1S/C13H19NO3/c1-6-8-13(11(15)16-7-2)9-10(14-17-13)12(3,4)5/h1H,7-9H2,2-5H3. The predicted octanol–water partition coefficient (Wildman–Crippen LogP) is 2.13. The van der Waals surface area contributed by atoms with Crippen molar-refractivity contribution in [2.45, 2.75) is 46.1 Å². The number of terminal acetylenes is 1. The summed E-state index contributed by atoms with van der Waals surface area (Å²) < 4.78 is 5.01. The molecular weight excluding hydrogens is 218 g/mol. The Morgan fingerprint density at radius 1 is 1.65 bits per heavy atom. The molecule has 94 valence electrons. The van der Waals surface area contributed by atoms with Crippen LogP contribution in [0.3, 0.4) is 0 Å². The van der Waals surface area contributed by atoms with Crippen molar-refractivity contribution in [1.29, 1.82) is 0 Å². The molecule has 0 spiro atoms. The molecule has 0 aliphatic carbocycles. The molecule has 0 bridgehead atoms. The first kappa shape index (κ1) is 13.6. The molecule has 17 heavy (non-hydrogen) atoms. The summed E-state index contributed by atoms with van der Waals surface area (Å²) in [5.74, 6) is 2.03. The van der Waals surface area contributed by atoms with Crippen molar-refractivity contribution in [2.75, 3.05) is 6.61 Å². The third kappa shape index (κ3) is 2.79. The number of nitrogens with zero attached hydrogens (tertiary/aromatic N) is 1. The topological polar surface area (TPSA) is 47.9 Å². The van der Waals surface area contributed by atoms with Gasteiger partial charge in [-0.15, -0.1) is 12.3 Å². The van der Waals surface area contributed by atoms with Gasteiger partial charge in [-0.3, -0.25) is 0 Å². The number of rotatable bonds is 3. The maximum atomic E-state index is 11.9. The third-order valence-corrected chi connectivity index (χ3v) is 2.68. The molecule has 0 amide bonds. The van der Waals surface area contributed by atoms with E-state index in [0.717, 1.165) is 5.71 Å². The molecule has 0 saturated heterocycles. The number of carbonyl (C=O) groups is 1. The predicted molar refractivity (Wildman–Crippen MR) is 65.4 cm³/mol. The lowest BCUT2D eigenvalue weighted by Crippen LogP contribution is -2.41. The van der Waals surface area contributed by atoms with Gasteiger partial charge in [0.2, 0.25) is 5.60 Å². The van der Waals surface area contributed by atoms with Gasteiger partial charge in [-0.1, -0.05) is 25.9 Å². The van der Waals surface area contributed by atoms with E-state index in [4.69, 9.17) is 16.0 Å². The maximum absolute atomic E-state index is 11.9. The van der Waals surface area contributed by atoms with Crippen LogP contribution in [0.15, 0.2) is 5.16 Å². The highest BCUT2D eigenvalue weighted by atomic mass is 16.7. The largest absolute Gasteiger partial charge is 0.463 e. The van der Waals surface area contributed by atoms with Gasteiger partial charge in [-0.2, -0.15) is 0 Å². The molecule has 0 aromatic carbocycles. The second-order valence-electron chi connectivity index (χ2n) is 5.15. The first-order valence-corrected chi connectivity index (χ1v) is 5.72. The summed E-state index contributed by atoms with van der Waals surface area (Å²) in [6.45, 7) is 8.12. The lowest BCUT2D eigenvalue weighted by molar-refractivity contribution is -0.168. The van der Waals surface area contributed by atoms with Crippen LogP contribution in [-0.2, 0) is 14.4 Å². The molecule has 4 nitrogen and oxygen atoms in total. The van der Waals surface area contributed by atoms with Gasteiger partial charge in [-0.05, 0) is 6.92 Å². The fourth-order valence-corrected chi connectivity index (χ4v) is 1.58. The molecule has 4 heteroatoms. The Kier molecular flexibility index (Phi) is 3.82. The highest BCUT2D eigenvalue weighted by molar-refractivity contribution is 5.96. The molecule has 1 aliphatic heterocycles. The van der Waals surface area contributed by atoms with E-state index in [2.05, 4.69) is 11.1 Å². The van der Waals surface area contributed by atoms with Gasteiger partial charge in [0.05, 0.1) is 18.7 Å². The van der Waals surface area contributed by atoms with Gasteiger partial charge in [0.25, 0.3) is 0 Å². The summed E-state index contributed by atoms with van der Waals surface area (Å²) >= 11 is 0. The first-order chi connectivity index (χ1) is 7.85. The van der Waals surface area contributed by atoms with Crippen molar-refractivity contribution in [1.82, 2.24) is 0 Å². The zero-order chi connectivity index (χ0) is 13.1. The van der Waals surface area contributed by atoms with Crippen molar-refractivity contribution < 1.29 is 14.4 Å². The number of esters is 1. The average molecular weight is 237 g/mol. The lowest BCUT2D eigenvalue weighted by Gasteiger charge is -2.23. The van der Waals surface area contributed by atoms with E-state index in [9.17, 15) is 4.79 Å².